The number of aryl methyl sites for hydroxylation is 1. The molecule has 2 heterocycles. The first-order valence-electron chi connectivity index (χ1n) is 12.9. The number of hydrogen-bond acceptors (Lipinski definition) is 5. The molecule has 5 rings (SSSR count). The fourth-order valence-electron chi connectivity index (χ4n) is 5.74. The van der Waals surface area contributed by atoms with Crippen molar-refractivity contribution in [2.75, 3.05) is 13.1 Å². The van der Waals surface area contributed by atoms with Crippen LogP contribution in [0.5, 0.6) is 5.75 Å². The normalized spacial score (nSPS) is 21.6. The number of rotatable bonds is 6. The van der Waals surface area contributed by atoms with E-state index < -0.39 is 11.2 Å². The molecule has 1 aliphatic heterocycles. The number of aliphatic hydroxyl groups is 1. The monoisotopic (exact) mass is 543 g/mol. The highest BCUT2D eigenvalue weighted by atomic mass is 35.5. The van der Waals surface area contributed by atoms with Crippen molar-refractivity contribution in [3.05, 3.63) is 73.6 Å². The SMILES string of the molecule is Cc1c(CCC(=O)N2CC[C@]3(O)CCCC[C@@H]3C2)c(=O)oc2cc(OCc3ccc(Cl)cc3Cl)ccc12. The van der Waals surface area contributed by atoms with Gasteiger partial charge in [0.1, 0.15) is 17.9 Å². The molecule has 37 heavy (non-hydrogen) atoms. The molecule has 2 fully saturated rings. The molecule has 1 amide bonds. The molecule has 1 saturated carbocycles. The third-order valence-electron chi connectivity index (χ3n) is 8.04. The van der Waals surface area contributed by atoms with Crippen LogP contribution in [-0.2, 0) is 17.8 Å². The van der Waals surface area contributed by atoms with Gasteiger partial charge in [0.05, 0.1) is 5.60 Å². The fraction of sp³-hybridized carbons (Fsp3) is 0.448. The number of hydrogen-bond donors (Lipinski definition) is 1. The summed E-state index contributed by atoms with van der Waals surface area (Å²) < 4.78 is 11.5. The minimum Gasteiger partial charge on any atom is -0.489 e. The van der Waals surface area contributed by atoms with E-state index in [1.165, 1.54) is 0 Å². The standard InChI is InChI=1S/C29H31Cl2NO5/c1-18-23-8-7-22(36-17-19-5-6-21(30)14-25(19)31)15-26(23)37-28(34)24(18)9-10-27(33)32-13-12-29(35)11-3-2-4-20(29)16-32/h5-8,14-15,20,35H,2-4,9-13,16-17H2,1H3/t20-,29-/m1/s1. The topological polar surface area (TPSA) is 80.0 Å². The smallest absolute Gasteiger partial charge is 0.339 e. The van der Waals surface area contributed by atoms with E-state index in [4.69, 9.17) is 32.4 Å². The van der Waals surface area contributed by atoms with E-state index in [0.29, 0.717) is 52.9 Å². The van der Waals surface area contributed by atoms with Crippen LogP contribution in [0.1, 0.15) is 55.2 Å². The van der Waals surface area contributed by atoms with Crippen molar-refractivity contribution < 1.29 is 19.1 Å². The Morgan fingerprint density at radius 1 is 1.19 bits per heavy atom. The minimum atomic E-state index is -0.616. The average molecular weight is 544 g/mol. The first-order valence-corrected chi connectivity index (χ1v) is 13.6. The first-order chi connectivity index (χ1) is 17.7. The maximum absolute atomic E-state index is 13.0. The lowest BCUT2D eigenvalue weighted by molar-refractivity contribution is -0.143. The number of fused-ring (bicyclic) bond motifs is 2. The molecular weight excluding hydrogens is 513 g/mol. The largest absolute Gasteiger partial charge is 0.489 e. The predicted molar refractivity (Wildman–Crippen MR) is 144 cm³/mol. The van der Waals surface area contributed by atoms with Gasteiger partial charge in [-0.1, -0.05) is 42.1 Å². The van der Waals surface area contributed by atoms with Crippen molar-refractivity contribution >= 4 is 40.1 Å². The Bertz CT molecular complexity index is 1390. The Balaban J connectivity index is 1.25. The zero-order chi connectivity index (χ0) is 26.2. The highest BCUT2D eigenvalue weighted by molar-refractivity contribution is 6.35. The second kappa shape index (κ2) is 10.7. The maximum atomic E-state index is 13.0. The minimum absolute atomic E-state index is 0.0242. The number of ether oxygens (including phenoxy) is 1. The third kappa shape index (κ3) is 5.52. The number of likely N-dealkylation sites (tertiary alicyclic amines) is 1. The van der Waals surface area contributed by atoms with E-state index in [1.54, 1.807) is 18.2 Å². The molecule has 196 valence electrons. The molecule has 2 aliphatic rings. The van der Waals surface area contributed by atoms with Crippen molar-refractivity contribution in [2.45, 2.75) is 64.1 Å². The van der Waals surface area contributed by atoms with Gasteiger partial charge < -0.3 is 19.2 Å². The van der Waals surface area contributed by atoms with Crippen LogP contribution in [0.15, 0.2) is 45.6 Å². The molecule has 0 radical (unpaired) electrons. The summed E-state index contributed by atoms with van der Waals surface area (Å²) in [5.74, 6) is 0.728. The fourth-order valence-corrected chi connectivity index (χ4v) is 6.20. The average Bonchev–Trinajstić information content (AvgIpc) is 2.87. The summed E-state index contributed by atoms with van der Waals surface area (Å²) in [5, 5.41) is 12.8. The number of nitrogens with zero attached hydrogens (tertiary/aromatic N) is 1. The van der Waals surface area contributed by atoms with Crippen molar-refractivity contribution in [1.82, 2.24) is 4.90 Å². The zero-order valence-corrected chi connectivity index (χ0v) is 22.4. The van der Waals surface area contributed by atoms with Crippen molar-refractivity contribution in [3.8, 4) is 5.75 Å². The van der Waals surface area contributed by atoms with Crippen LogP contribution in [0.25, 0.3) is 11.0 Å². The van der Waals surface area contributed by atoms with E-state index in [1.807, 2.05) is 30.0 Å². The van der Waals surface area contributed by atoms with E-state index in [-0.39, 0.29) is 24.9 Å². The number of benzene rings is 2. The van der Waals surface area contributed by atoms with Gasteiger partial charge in [-0.25, -0.2) is 4.79 Å². The molecule has 1 aromatic heterocycles. The van der Waals surface area contributed by atoms with Crippen LogP contribution in [0, 0.1) is 12.8 Å². The lowest BCUT2D eigenvalue weighted by Gasteiger charge is -2.47. The lowest BCUT2D eigenvalue weighted by atomic mass is 9.71. The summed E-state index contributed by atoms with van der Waals surface area (Å²) in [6.07, 6.45) is 5.16. The molecule has 8 heteroatoms. The summed E-state index contributed by atoms with van der Waals surface area (Å²) in [5.41, 5.74) is 1.51. The maximum Gasteiger partial charge on any atom is 0.339 e. The molecule has 0 unspecified atom stereocenters. The van der Waals surface area contributed by atoms with Crippen molar-refractivity contribution in [2.24, 2.45) is 5.92 Å². The Hall–Kier alpha value is -2.54. The van der Waals surface area contributed by atoms with Gasteiger partial charge >= 0.3 is 5.63 Å². The Kier molecular flexibility index (Phi) is 7.53. The molecule has 1 saturated heterocycles. The van der Waals surface area contributed by atoms with Gasteiger partial charge in [-0.15, -0.1) is 0 Å². The highest BCUT2D eigenvalue weighted by Crippen LogP contribution is 2.40. The molecule has 0 spiro atoms. The van der Waals surface area contributed by atoms with Gasteiger partial charge in [-0.05, 0) is 62.4 Å². The van der Waals surface area contributed by atoms with Crippen LogP contribution < -0.4 is 10.4 Å². The Labute approximate surface area is 226 Å². The Morgan fingerprint density at radius 3 is 2.84 bits per heavy atom. The molecular formula is C29H31Cl2NO5. The van der Waals surface area contributed by atoms with Crippen LogP contribution in [0.4, 0.5) is 0 Å². The van der Waals surface area contributed by atoms with Crippen LogP contribution in [-0.4, -0.2) is 34.6 Å². The van der Waals surface area contributed by atoms with Gasteiger partial charge in [-0.3, -0.25) is 4.79 Å². The first kappa shape index (κ1) is 26.1. The summed E-state index contributed by atoms with van der Waals surface area (Å²) >= 11 is 12.2. The number of carbonyl (C=O) groups is 1. The second-order valence-electron chi connectivity index (χ2n) is 10.3. The van der Waals surface area contributed by atoms with Gasteiger partial charge in [0.2, 0.25) is 5.91 Å². The summed E-state index contributed by atoms with van der Waals surface area (Å²) in [4.78, 5) is 27.7. The number of carbonyl (C=O) groups excluding carboxylic acids is 1. The summed E-state index contributed by atoms with van der Waals surface area (Å²) in [6, 6.07) is 10.6. The highest BCUT2D eigenvalue weighted by Gasteiger charge is 2.43. The van der Waals surface area contributed by atoms with Gasteiger partial charge in [0.25, 0.3) is 0 Å². The molecule has 3 aromatic rings. The van der Waals surface area contributed by atoms with Crippen LogP contribution in [0.3, 0.4) is 0 Å². The molecule has 2 atom stereocenters. The zero-order valence-electron chi connectivity index (χ0n) is 20.9. The molecule has 0 bridgehead atoms. The predicted octanol–water partition coefficient (Wildman–Crippen LogP) is 6.07. The van der Waals surface area contributed by atoms with E-state index >= 15 is 0 Å². The summed E-state index contributed by atoms with van der Waals surface area (Å²) in [6.45, 7) is 3.31. The third-order valence-corrected chi connectivity index (χ3v) is 8.62. The number of amides is 1. The Morgan fingerprint density at radius 2 is 2.03 bits per heavy atom. The molecule has 6 nitrogen and oxygen atoms in total. The van der Waals surface area contributed by atoms with Gasteiger partial charge in [0.15, 0.2) is 0 Å². The molecule has 2 aromatic carbocycles. The van der Waals surface area contributed by atoms with Gasteiger partial charge in [-0.2, -0.15) is 0 Å². The number of halogens is 2. The lowest BCUT2D eigenvalue weighted by Crippen LogP contribution is -2.54. The van der Waals surface area contributed by atoms with E-state index in [9.17, 15) is 14.7 Å². The van der Waals surface area contributed by atoms with Crippen molar-refractivity contribution in [3.63, 3.8) is 0 Å². The second-order valence-corrected chi connectivity index (χ2v) is 11.2. The number of piperidine rings is 1. The molecule has 1 aliphatic carbocycles. The molecule has 1 N–H and O–H groups in total. The van der Waals surface area contributed by atoms with Gasteiger partial charge in [0, 0.05) is 58.1 Å². The van der Waals surface area contributed by atoms with E-state index in [2.05, 4.69) is 0 Å². The van der Waals surface area contributed by atoms with Crippen molar-refractivity contribution in [1.29, 1.82) is 0 Å². The van der Waals surface area contributed by atoms with Crippen LogP contribution >= 0.6 is 23.2 Å². The van der Waals surface area contributed by atoms with Crippen LogP contribution in [0.2, 0.25) is 10.0 Å². The summed E-state index contributed by atoms with van der Waals surface area (Å²) in [7, 11) is 0. The quantitative estimate of drug-likeness (QED) is 0.381. The van der Waals surface area contributed by atoms with E-state index in [0.717, 1.165) is 42.2 Å².